The number of carbonyl (C=O) groups is 1. The number of thiophene rings is 1. The summed E-state index contributed by atoms with van der Waals surface area (Å²) < 4.78 is 0. The van der Waals surface area contributed by atoms with Crippen LogP contribution in [0.5, 0.6) is 0 Å². The van der Waals surface area contributed by atoms with Gasteiger partial charge >= 0.3 is 0 Å². The zero-order chi connectivity index (χ0) is 18.1. The van der Waals surface area contributed by atoms with Crippen molar-refractivity contribution in [3.63, 3.8) is 0 Å². The van der Waals surface area contributed by atoms with E-state index in [4.69, 9.17) is 0 Å². The molecule has 2 aromatic rings. The molecule has 6 heteroatoms. The highest BCUT2D eigenvalue weighted by atomic mass is 32.1. The average molecular weight is 372 g/mol. The fourth-order valence-corrected chi connectivity index (χ4v) is 4.75. The lowest BCUT2D eigenvalue weighted by Crippen LogP contribution is -2.42. The molecule has 26 heavy (non-hydrogen) atoms. The second kappa shape index (κ2) is 7.12. The second-order valence-corrected chi connectivity index (χ2v) is 8.24. The van der Waals surface area contributed by atoms with Crippen LogP contribution in [0.2, 0.25) is 0 Å². The zero-order valence-electron chi connectivity index (χ0n) is 14.6. The first kappa shape index (κ1) is 17.7. The van der Waals surface area contributed by atoms with Crippen LogP contribution in [0.3, 0.4) is 0 Å². The number of aliphatic hydroxyl groups is 2. The molecule has 4 rings (SSSR count). The van der Waals surface area contributed by atoms with Crippen LogP contribution in [0, 0.1) is 0 Å². The van der Waals surface area contributed by atoms with Crippen molar-refractivity contribution in [3.05, 3.63) is 51.7 Å². The summed E-state index contributed by atoms with van der Waals surface area (Å²) in [6.45, 7) is 2.48. The van der Waals surface area contributed by atoms with Crippen LogP contribution in [0.1, 0.15) is 41.4 Å². The van der Waals surface area contributed by atoms with Crippen molar-refractivity contribution in [1.29, 1.82) is 0 Å². The maximum absolute atomic E-state index is 11.5. The van der Waals surface area contributed by atoms with Gasteiger partial charge < -0.3 is 20.4 Å². The minimum Gasteiger partial charge on any atom is -0.388 e. The topological polar surface area (TPSA) is 72.8 Å². The van der Waals surface area contributed by atoms with Crippen molar-refractivity contribution in [1.82, 2.24) is 4.90 Å². The maximum atomic E-state index is 11.5. The van der Waals surface area contributed by atoms with Crippen molar-refractivity contribution in [3.8, 4) is 0 Å². The summed E-state index contributed by atoms with van der Waals surface area (Å²) in [5, 5.41) is 26.2. The Morgan fingerprint density at radius 2 is 2.08 bits per heavy atom. The smallest absolute Gasteiger partial charge is 0.228 e. The number of likely N-dealkylation sites (tertiary alicyclic amines) is 1. The third kappa shape index (κ3) is 3.55. The van der Waals surface area contributed by atoms with E-state index in [0.717, 1.165) is 54.2 Å². The second-order valence-electron chi connectivity index (χ2n) is 7.30. The molecule has 3 N–H and O–H groups in total. The highest BCUT2D eigenvalue weighted by molar-refractivity contribution is 7.10. The third-order valence-electron chi connectivity index (χ3n) is 5.52. The Bertz CT molecular complexity index is 782. The molecule has 1 aromatic carbocycles. The Hall–Kier alpha value is -1.73. The molecule has 2 aliphatic rings. The summed E-state index contributed by atoms with van der Waals surface area (Å²) in [7, 11) is 0. The Morgan fingerprint density at radius 1 is 1.27 bits per heavy atom. The van der Waals surface area contributed by atoms with Gasteiger partial charge in [0.1, 0.15) is 5.60 Å². The standard InChI is InChI=1S/C20H24N2O3S/c23-17(14-3-4-16-15(12-14)13-19(24)21-16)5-8-22-9-6-20(25,7-10-22)18-2-1-11-26-18/h1-4,11-12,17,23,25H,5-10,13H2,(H,21,24). The van der Waals surface area contributed by atoms with E-state index in [1.54, 1.807) is 11.3 Å². The number of aliphatic hydroxyl groups excluding tert-OH is 1. The summed E-state index contributed by atoms with van der Waals surface area (Å²) in [4.78, 5) is 14.8. The van der Waals surface area contributed by atoms with Gasteiger partial charge in [0.05, 0.1) is 12.5 Å². The van der Waals surface area contributed by atoms with Gasteiger partial charge in [-0.25, -0.2) is 0 Å². The molecule has 3 heterocycles. The highest BCUT2D eigenvalue weighted by Gasteiger charge is 2.34. The Balaban J connectivity index is 1.30. The van der Waals surface area contributed by atoms with Gasteiger partial charge in [-0.2, -0.15) is 0 Å². The molecule has 0 saturated carbocycles. The lowest BCUT2D eigenvalue weighted by molar-refractivity contribution is -0.115. The number of hydrogen-bond acceptors (Lipinski definition) is 5. The van der Waals surface area contributed by atoms with Crippen LogP contribution >= 0.6 is 11.3 Å². The van der Waals surface area contributed by atoms with Gasteiger partial charge in [-0.3, -0.25) is 4.79 Å². The molecule has 1 fully saturated rings. The molecule has 0 spiro atoms. The van der Waals surface area contributed by atoms with Crippen molar-refractivity contribution in [2.45, 2.75) is 37.4 Å². The van der Waals surface area contributed by atoms with E-state index in [2.05, 4.69) is 10.2 Å². The van der Waals surface area contributed by atoms with E-state index in [1.165, 1.54) is 0 Å². The fraction of sp³-hybridized carbons (Fsp3) is 0.450. The Morgan fingerprint density at radius 3 is 2.81 bits per heavy atom. The van der Waals surface area contributed by atoms with Crippen LogP contribution in [0.25, 0.3) is 0 Å². The highest BCUT2D eigenvalue weighted by Crippen LogP contribution is 2.35. The first-order chi connectivity index (χ1) is 12.5. The lowest BCUT2D eigenvalue weighted by atomic mass is 9.89. The zero-order valence-corrected chi connectivity index (χ0v) is 15.5. The minimum absolute atomic E-state index is 0.0122. The van der Waals surface area contributed by atoms with Gasteiger partial charge in [0, 0.05) is 30.2 Å². The number of anilines is 1. The molecule has 0 radical (unpaired) electrons. The van der Waals surface area contributed by atoms with E-state index in [0.29, 0.717) is 12.8 Å². The number of benzene rings is 1. The van der Waals surface area contributed by atoms with Crippen molar-refractivity contribution >= 4 is 22.9 Å². The Labute approximate surface area is 157 Å². The maximum Gasteiger partial charge on any atom is 0.228 e. The molecule has 5 nitrogen and oxygen atoms in total. The van der Waals surface area contributed by atoms with Crippen LogP contribution in [0.4, 0.5) is 5.69 Å². The monoisotopic (exact) mass is 372 g/mol. The molecule has 1 saturated heterocycles. The molecule has 0 bridgehead atoms. The molecule has 1 amide bonds. The molecule has 0 aliphatic carbocycles. The molecular weight excluding hydrogens is 348 g/mol. The summed E-state index contributed by atoms with van der Waals surface area (Å²) in [6, 6.07) is 9.70. The van der Waals surface area contributed by atoms with Gasteiger partial charge in [0.2, 0.25) is 5.91 Å². The molecule has 2 aliphatic heterocycles. The van der Waals surface area contributed by atoms with Crippen LogP contribution in [-0.4, -0.2) is 40.7 Å². The molecule has 1 unspecified atom stereocenters. The van der Waals surface area contributed by atoms with E-state index >= 15 is 0 Å². The van der Waals surface area contributed by atoms with E-state index in [9.17, 15) is 15.0 Å². The van der Waals surface area contributed by atoms with Gasteiger partial charge in [0.25, 0.3) is 0 Å². The predicted octanol–water partition coefficient (Wildman–Crippen LogP) is 2.65. The number of fused-ring (bicyclic) bond motifs is 1. The van der Waals surface area contributed by atoms with Gasteiger partial charge in [0.15, 0.2) is 0 Å². The van der Waals surface area contributed by atoms with Crippen molar-refractivity contribution < 1.29 is 15.0 Å². The number of nitrogens with zero attached hydrogens (tertiary/aromatic N) is 1. The summed E-state index contributed by atoms with van der Waals surface area (Å²) in [5.41, 5.74) is 2.00. The Kier molecular flexibility index (Phi) is 4.84. The molecule has 1 aromatic heterocycles. The number of amides is 1. The van der Waals surface area contributed by atoms with Gasteiger partial charge in [-0.15, -0.1) is 11.3 Å². The van der Waals surface area contributed by atoms with E-state index in [1.807, 2.05) is 35.7 Å². The fourth-order valence-electron chi connectivity index (χ4n) is 3.86. The molecule has 1 atom stereocenters. The minimum atomic E-state index is -0.692. The van der Waals surface area contributed by atoms with Gasteiger partial charge in [-0.05, 0) is 47.9 Å². The summed E-state index contributed by atoms with van der Waals surface area (Å²) in [5.74, 6) is 0.0122. The van der Waals surface area contributed by atoms with Crippen molar-refractivity contribution in [2.75, 3.05) is 25.0 Å². The third-order valence-corrected chi connectivity index (χ3v) is 6.58. The first-order valence-corrected chi connectivity index (χ1v) is 10.0. The number of nitrogens with one attached hydrogen (secondary N) is 1. The number of rotatable bonds is 5. The first-order valence-electron chi connectivity index (χ1n) is 9.13. The normalized spacial score (nSPS) is 20.6. The SMILES string of the molecule is O=C1Cc2cc(C(O)CCN3CCC(O)(c4cccs4)CC3)ccc2N1. The lowest BCUT2D eigenvalue weighted by Gasteiger charge is -2.38. The van der Waals surface area contributed by atoms with Gasteiger partial charge in [-0.1, -0.05) is 18.2 Å². The van der Waals surface area contributed by atoms with Crippen molar-refractivity contribution in [2.24, 2.45) is 0 Å². The predicted molar refractivity (Wildman–Crippen MR) is 102 cm³/mol. The summed E-state index contributed by atoms with van der Waals surface area (Å²) >= 11 is 1.62. The van der Waals surface area contributed by atoms with Crippen LogP contribution in [0.15, 0.2) is 35.7 Å². The van der Waals surface area contributed by atoms with E-state index < -0.39 is 11.7 Å². The molecular formula is C20H24N2O3S. The average Bonchev–Trinajstić information content (AvgIpc) is 3.29. The molecule has 138 valence electrons. The van der Waals surface area contributed by atoms with Crippen LogP contribution in [-0.2, 0) is 16.8 Å². The number of piperidine rings is 1. The number of hydrogen-bond donors (Lipinski definition) is 3. The van der Waals surface area contributed by atoms with Crippen LogP contribution < -0.4 is 5.32 Å². The van der Waals surface area contributed by atoms with E-state index in [-0.39, 0.29) is 5.91 Å². The number of carbonyl (C=O) groups excluding carboxylic acids is 1. The largest absolute Gasteiger partial charge is 0.388 e. The quantitative estimate of drug-likeness (QED) is 0.754. The summed E-state index contributed by atoms with van der Waals surface area (Å²) in [6.07, 6.45) is 1.97.